The van der Waals surface area contributed by atoms with Crippen LogP contribution in [0.3, 0.4) is 0 Å². The van der Waals surface area contributed by atoms with Gasteiger partial charge in [-0.05, 0) is 25.5 Å². The van der Waals surface area contributed by atoms with Crippen molar-refractivity contribution in [2.45, 2.75) is 49.2 Å². The van der Waals surface area contributed by atoms with Crippen molar-refractivity contribution in [1.29, 1.82) is 0 Å². The highest BCUT2D eigenvalue weighted by atomic mass is 32.3. The number of hydrogen-bond donors (Lipinski definition) is 1. The molecule has 9 heteroatoms. The normalized spacial score (nSPS) is 36.5. The van der Waals surface area contributed by atoms with Crippen LogP contribution in [-0.2, 0) is 28.3 Å². The summed E-state index contributed by atoms with van der Waals surface area (Å²) in [4.78, 5) is 14.5. The summed E-state index contributed by atoms with van der Waals surface area (Å²) in [6, 6.07) is 8.89. The fourth-order valence-electron chi connectivity index (χ4n) is 4.30. The standard InChI is InChI=1S/C17H21NO7S/c1-18-12-7-8-17(18)15(24-26(21,22)25-17)14(9-12)23-16(20)13(10-19)11-5-3-2-4-6-11/h2-6,12-15,19H,7-10H2,1H3/t12?,13-,14?,15?,17?/m1/s1. The van der Waals surface area contributed by atoms with Crippen molar-refractivity contribution in [3.63, 3.8) is 0 Å². The second-order valence-electron chi connectivity index (χ2n) is 7.01. The summed E-state index contributed by atoms with van der Waals surface area (Å²) >= 11 is 0. The lowest BCUT2D eigenvalue weighted by Gasteiger charge is -2.43. The van der Waals surface area contributed by atoms with E-state index in [1.165, 1.54) is 0 Å². The Kier molecular flexibility index (Phi) is 4.31. The quantitative estimate of drug-likeness (QED) is 0.751. The number of carbonyl (C=O) groups excluding carboxylic acids is 1. The number of aliphatic hydroxyl groups is 1. The van der Waals surface area contributed by atoms with Gasteiger partial charge in [0.25, 0.3) is 0 Å². The van der Waals surface area contributed by atoms with Gasteiger partial charge < -0.3 is 9.84 Å². The largest absolute Gasteiger partial charge is 0.459 e. The molecule has 0 aromatic heterocycles. The third-order valence-corrected chi connectivity index (χ3v) is 6.61. The van der Waals surface area contributed by atoms with E-state index in [1.54, 1.807) is 31.3 Å². The van der Waals surface area contributed by atoms with Crippen LogP contribution in [0, 0.1) is 0 Å². The maximum absolute atomic E-state index is 12.7. The molecule has 3 aliphatic rings. The van der Waals surface area contributed by atoms with Crippen LogP contribution in [0.5, 0.6) is 0 Å². The van der Waals surface area contributed by atoms with Gasteiger partial charge >= 0.3 is 16.4 Å². The van der Waals surface area contributed by atoms with E-state index in [9.17, 15) is 18.3 Å². The molecular weight excluding hydrogens is 362 g/mol. The second-order valence-corrected chi connectivity index (χ2v) is 8.19. The summed E-state index contributed by atoms with van der Waals surface area (Å²) in [7, 11) is -2.34. The Bertz CT molecular complexity index is 799. The first-order valence-electron chi connectivity index (χ1n) is 8.59. The van der Waals surface area contributed by atoms with Gasteiger partial charge in [0.2, 0.25) is 0 Å². The van der Waals surface area contributed by atoms with Gasteiger partial charge in [-0.1, -0.05) is 30.3 Å². The predicted octanol–water partition coefficient (Wildman–Crippen LogP) is 0.529. The van der Waals surface area contributed by atoms with Gasteiger partial charge in [0.15, 0.2) is 11.8 Å². The maximum atomic E-state index is 12.7. The molecule has 0 saturated carbocycles. The zero-order valence-corrected chi connectivity index (χ0v) is 15.1. The van der Waals surface area contributed by atoms with E-state index in [0.717, 1.165) is 6.42 Å². The topological polar surface area (TPSA) is 102 Å². The number of benzene rings is 1. The summed E-state index contributed by atoms with van der Waals surface area (Å²) in [6.45, 7) is -0.398. The molecule has 3 heterocycles. The molecule has 1 spiro atoms. The SMILES string of the molecule is CN1C2CCC13OS(=O)(=O)OC3C(OC(=O)[C@H](CO)c1ccccc1)C2. The van der Waals surface area contributed by atoms with Crippen molar-refractivity contribution in [1.82, 2.24) is 4.90 Å². The van der Waals surface area contributed by atoms with Crippen molar-refractivity contribution in [2.24, 2.45) is 0 Å². The van der Waals surface area contributed by atoms with Gasteiger partial charge in [-0.3, -0.25) is 9.69 Å². The van der Waals surface area contributed by atoms with Crippen LogP contribution in [0.1, 0.15) is 30.7 Å². The molecule has 0 radical (unpaired) electrons. The molecule has 3 saturated heterocycles. The number of fused-ring (bicyclic) bond motifs is 1. The molecule has 3 aliphatic heterocycles. The fraction of sp³-hybridized carbons (Fsp3) is 0.588. The lowest BCUT2D eigenvalue weighted by atomic mass is 9.93. The molecule has 4 unspecified atom stereocenters. The first-order chi connectivity index (χ1) is 12.4. The van der Waals surface area contributed by atoms with Crippen molar-refractivity contribution >= 4 is 16.4 Å². The van der Waals surface area contributed by atoms with Gasteiger partial charge in [-0.15, -0.1) is 0 Å². The Hall–Kier alpha value is -1.52. The van der Waals surface area contributed by atoms with Crippen LogP contribution in [-0.4, -0.2) is 62.0 Å². The molecule has 2 bridgehead atoms. The van der Waals surface area contributed by atoms with E-state index in [-0.39, 0.29) is 6.04 Å². The van der Waals surface area contributed by atoms with E-state index in [4.69, 9.17) is 13.1 Å². The highest BCUT2D eigenvalue weighted by Gasteiger charge is 2.67. The van der Waals surface area contributed by atoms with Crippen molar-refractivity contribution in [3.05, 3.63) is 35.9 Å². The first kappa shape index (κ1) is 17.9. The minimum Gasteiger partial charge on any atom is -0.459 e. The van der Waals surface area contributed by atoms with E-state index < -0.39 is 46.8 Å². The summed E-state index contributed by atoms with van der Waals surface area (Å²) in [5, 5.41) is 9.65. The molecule has 1 aromatic rings. The van der Waals surface area contributed by atoms with E-state index >= 15 is 0 Å². The molecular formula is C17H21NO7S. The Balaban J connectivity index is 1.58. The van der Waals surface area contributed by atoms with Gasteiger partial charge in [-0.2, -0.15) is 8.42 Å². The van der Waals surface area contributed by atoms with Gasteiger partial charge in [0.05, 0.1) is 6.61 Å². The molecule has 26 heavy (non-hydrogen) atoms. The number of rotatable bonds is 4. The summed E-state index contributed by atoms with van der Waals surface area (Å²) in [5.74, 6) is -1.43. The summed E-state index contributed by atoms with van der Waals surface area (Å²) < 4.78 is 39.9. The number of carbonyl (C=O) groups is 1. The third kappa shape index (κ3) is 2.74. The van der Waals surface area contributed by atoms with Crippen molar-refractivity contribution in [3.8, 4) is 0 Å². The van der Waals surface area contributed by atoms with E-state index in [2.05, 4.69) is 0 Å². The number of hydrogen-bond acceptors (Lipinski definition) is 8. The number of nitrogens with zero attached hydrogens (tertiary/aromatic N) is 1. The first-order valence-corrected chi connectivity index (χ1v) is 9.93. The lowest BCUT2D eigenvalue weighted by molar-refractivity contribution is -0.182. The van der Waals surface area contributed by atoms with Crippen LogP contribution in [0.15, 0.2) is 30.3 Å². The molecule has 142 valence electrons. The monoisotopic (exact) mass is 383 g/mol. The van der Waals surface area contributed by atoms with Crippen LogP contribution in [0.2, 0.25) is 0 Å². The molecule has 5 atom stereocenters. The van der Waals surface area contributed by atoms with Crippen LogP contribution in [0.25, 0.3) is 0 Å². The fourth-order valence-corrected chi connectivity index (χ4v) is 5.52. The molecule has 0 amide bonds. The molecule has 1 N–H and O–H groups in total. The van der Waals surface area contributed by atoms with Crippen LogP contribution in [0.4, 0.5) is 0 Å². The maximum Gasteiger partial charge on any atom is 0.402 e. The summed E-state index contributed by atoms with van der Waals surface area (Å²) in [5.41, 5.74) is -0.476. The van der Waals surface area contributed by atoms with E-state index in [1.807, 2.05) is 11.0 Å². The third-order valence-electron chi connectivity index (χ3n) is 5.67. The minimum atomic E-state index is -4.13. The van der Waals surface area contributed by atoms with E-state index in [0.29, 0.717) is 18.4 Å². The average molecular weight is 383 g/mol. The number of aliphatic hydroxyl groups excluding tert-OH is 1. The van der Waals surface area contributed by atoms with Gasteiger partial charge in [0, 0.05) is 12.5 Å². The molecule has 3 fully saturated rings. The molecule has 0 aliphatic carbocycles. The Morgan fingerprint density at radius 3 is 2.85 bits per heavy atom. The minimum absolute atomic E-state index is 0.0465. The Labute approximate surface area is 152 Å². The number of esters is 1. The van der Waals surface area contributed by atoms with Crippen molar-refractivity contribution < 1.29 is 31.4 Å². The zero-order chi connectivity index (χ0) is 18.5. The van der Waals surface area contributed by atoms with Crippen LogP contribution < -0.4 is 0 Å². The molecule has 1 aromatic carbocycles. The zero-order valence-electron chi connectivity index (χ0n) is 14.3. The molecule has 4 rings (SSSR count). The average Bonchev–Trinajstić information content (AvgIpc) is 3.01. The van der Waals surface area contributed by atoms with Crippen LogP contribution >= 0.6 is 0 Å². The number of ether oxygens (including phenoxy) is 1. The molecule has 8 nitrogen and oxygen atoms in total. The highest BCUT2D eigenvalue weighted by molar-refractivity contribution is 7.82. The van der Waals surface area contributed by atoms with Gasteiger partial charge in [-0.25, -0.2) is 8.37 Å². The van der Waals surface area contributed by atoms with Crippen molar-refractivity contribution in [2.75, 3.05) is 13.7 Å². The number of piperidine rings is 1. The second kappa shape index (κ2) is 6.28. The highest BCUT2D eigenvalue weighted by Crippen LogP contribution is 2.51. The summed E-state index contributed by atoms with van der Waals surface area (Å²) in [6.07, 6.45) is 0.0352. The Morgan fingerprint density at radius 2 is 2.15 bits per heavy atom. The number of likely N-dealkylation sites (N-methyl/N-ethyl adjacent to an activating group) is 1. The Morgan fingerprint density at radius 1 is 1.42 bits per heavy atom. The smallest absolute Gasteiger partial charge is 0.402 e. The van der Waals surface area contributed by atoms with Gasteiger partial charge in [0.1, 0.15) is 12.0 Å². The lowest BCUT2D eigenvalue weighted by Crippen LogP contribution is -2.61. The predicted molar refractivity (Wildman–Crippen MR) is 89.2 cm³/mol.